The number of amides is 1. The van der Waals surface area contributed by atoms with Crippen molar-refractivity contribution in [2.45, 2.75) is 13.8 Å². The van der Waals surface area contributed by atoms with Gasteiger partial charge in [-0.1, -0.05) is 24.6 Å². The van der Waals surface area contributed by atoms with E-state index in [1.807, 2.05) is 19.1 Å². The smallest absolute Gasteiger partial charge is 0.337 e. The van der Waals surface area contributed by atoms with Crippen molar-refractivity contribution in [3.8, 4) is 0 Å². The van der Waals surface area contributed by atoms with Crippen LogP contribution >= 0.6 is 11.6 Å². The molecular weight excluding hydrogens is 390 g/mol. The van der Waals surface area contributed by atoms with Gasteiger partial charge in [-0.05, 0) is 49.4 Å². The highest BCUT2D eigenvalue weighted by Gasteiger charge is 2.21. The molecule has 3 rings (SSSR count). The maximum atomic E-state index is 12.8. The van der Waals surface area contributed by atoms with Gasteiger partial charge in [0.25, 0.3) is 5.91 Å². The number of hydrogen-bond donors (Lipinski definition) is 1. The zero-order valence-corrected chi connectivity index (χ0v) is 17.8. The minimum atomic E-state index is -0.443. The van der Waals surface area contributed by atoms with Gasteiger partial charge in [-0.25, -0.2) is 4.79 Å². The van der Waals surface area contributed by atoms with Crippen LogP contribution in [-0.4, -0.2) is 56.6 Å². The molecule has 1 amide bonds. The van der Waals surface area contributed by atoms with E-state index in [0.29, 0.717) is 21.8 Å². The molecule has 1 aliphatic heterocycles. The number of ether oxygens (including phenoxy) is 1. The van der Waals surface area contributed by atoms with Crippen molar-refractivity contribution in [2.24, 2.45) is 0 Å². The summed E-state index contributed by atoms with van der Waals surface area (Å²) in [5.74, 6) is -0.719. The average Bonchev–Trinajstić information content (AvgIpc) is 2.75. The van der Waals surface area contributed by atoms with Gasteiger partial charge < -0.3 is 19.9 Å². The highest BCUT2D eigenvalue weighted by molar-refractivity contribution is 6.31. The first kappa shape index (κ1) is 21.1. The van der Waals surface area contributed by atoms with Gasteiger partial charge in [-0.3, -0.25) is 4.79 Å². The molecule has 2 aromatic carbocycles. The summed E-state index contributed by atoms with van der Waals surface area (Å²) in [5.41, 5.74) is 3.23. The molecule has 0 radical (unpaired) electrons. The summed E-state index contributed by atoms with van der Waals surface area (Å²) in [7, 11) is 1.34. The molecule has 1 N–H and O–H groups in total. The number of nitrogens with zero attached hydrogens (tertiary/aromatic N) is 2. The van der Waals surface area contributed by atoms with E-state index in [1.165, 1.54) is 7.11 Å². The highest BCUT2D eigenvalue weighted by atomic mass is 35.5. The molecule has 1 fully saturated rings. The lowest BCUT2D eigenvalue weighted by molar-refractivity contribution is 0.0600. The predicted molar refractivity (Wildman–Crippen MR) is 116 cm³/mol. The van der Waals surface area contributed by atoms with Gasteiger partial charge in [0.1, 0.15) is 0 Å². The number of benzene rings is 2. The predicted octanol–water partition coefficient (Wildman–Crippen LogP) is 3.83. The topological polar surface area (TPSA) is 61.9 Å². The molecule has 1 saturated heterocycles. The summed E-state index contributed by atoms with van der Waals surface area (Å²) in [4.78, 5) is 29.5. The number of carbonyl (C=O) groups is 2. The molecule has 6 nitrogen and oxygen atoms in total. The largest absolute Gasteiger partial charge is 0.465 e. The normalized spacial score (nSPS) is 14.6. The van der Waals surface area contributed by atoms with Crippen LogP contribution < -0.4 is 10.2 Å². The zero-order chi connectivity index (χ0) is 21.0. The molecule has 1 aliphatic rings. The third-order valence-electron chi connectivity index (χ3n) is 5.26. The van der Waals surface area contributed by atoms with E-state index in [-0.39, 0.29) is 5.91 Å². The third kappa shape index (κ3) is 4.89. The van der Waals surface area contributed by atoms with Gasteiger partial charge in [0, 0.05) is 36.8 Å². The van der Waals surface area contributed by atoms with Crippen LogP contribution in [0.3, 0.4) is 0 Å². The van der Waals surface area contributed by atoms with E-state index in [9.17, 15) is 9.59 Å². The van der Waals surface area contributed by atoms with Crippen molar-refractivity contribution in [1.29, 1.82) is 0 Å². The molecule has 0 aliphatic carbocycles. The number of anilines is 2. The van der Waals surface area contributed by atoms with Crippen molar-refractivity contribution >= 4 is 34.9 Å². The molecule has 0 aromatic heterocycles. The Morgan fingerprint density at radius 2 is 1.76 bits per heavy atom. The zero-order valence-electron chi connectivity index (χ0n) is 17.0. The SMILES string of the molecule is CCN1CCN(c2ccc(C(=O)OC)cc2NC(=O)c2ccc(C)c(Cl)c2)CC1. The summed E-state index contributed by atoms with van der Waals surface area (Å²) in [5, 5.41) is 3.49. The van der Waals surface area contributed by atoms with Gasteiger partial charge in [-0.15, -0.1) is 0 Å². The van der Waals surface area contributed by atoms with Crippen LogP contribution in [0.25, 0.3) is 0 Å². The molecule has 0 spiro atoms. The Hall–Kier alpha value is -2.57. The molecular formula is C22H26ClN3O3. The summed E-state index contributed by atoms with van der Waals surface area (Å²) >= 11 is 6.17. The Balaban J connectivity index is 1.90. The van der Waals surface area contributed by atoms with Crippen LogP contribution in [0.15, 0.2) is 36.4 Å². The van der Waals surface area contributed by atoms with E-state index in [4.69, 9.17) is 16.3 Å². The number of piperazine rings is 1. The number of nitrogens with one attached hydrogen (secondary N) is 1. The molecule has 0 unspecified atom stereocenters. The molecule has 29 heavy (non-hydrogen) atoms. The molecule has 7 heteroatoms. The van der Waals surface area contributed by atoms with Gasteiger partial charge in [0.2, 0.25) is 0 Å². The van der Waals surface area contributed by atoms with Gasteiger partial charge >= 0.3 is 5.97 Å². The van der Waals surface area contributed by atoms with Gasteiger partial charge in [0.15, 0.2) is 0 Å². The Morgan fingerprint density at radius 3 is 2.38 bits per heavy atom. The highest BCUT2D eigenvalue weighted by Crippen LogP contribution is 2.29. The number of halogens is 1. The lowest BCUT2D eigenvalue weighted by atomic mass is 10.1. The number of hydrogen-bond acceptors (Lipinski definition) is 5. The van der Waals surface area contributed by atoms with E-state index >= 15 is 0 Å². The van der Waals surface area contributed by atoms with E-state index in [2.05, 4.69) is 22.0 Å². The minimum Gasteiger partial charge on any atom is -0.465 e. The second kappa shape index (κ2) is 9.29. The van der Waals surface area contributed by atoms with Gasteiger partial charge in [-0.2, -0.15) is 0 Å². The summed E-state index contributed by atoms with van der Waals surface area (Å²) in [6.45, 7) is 8.67. The monoisotopic (exact) mass is 415 g/mol. The van der Waals surface area contributed by atoms with Crippen LogP contribution in [0.5, 0.6) is 0 Å². The number of methoxy groups -OCH3 is 1. The Kier molecular flexibility index (Phi) is 6.77. The fourth-order valence-electron chi connectivity index (χ4n) is 3.39. The van der Waals surface area contributed by atoms with E-state index in [0.717, 1.165) is 44.0 Å². The molecule has 0 atom stereocenters. The molecule has 2 aromatic rings. The van der Waals surface area contributed by atoms with Crippen LogP contribution in [0.4, 0.5) is 11.4 Å². The number of likely N-dealkylation sites (N-methyl/N-ethyl adjacent to an activating group) is 1. The first-order valence-electron chi connectivity index (χ1n) is 9.70. The second-order valence-electron chi connectivity index (χ2n) is 7.06. The fraction of sp³-hybridized carbons (Fsp3) is 0.364. The summed E-state index contributed by atoms with van der Waals surface area (Å²) < 4.78 is 4.83. The minimum absolute atomic E-state index is 0.276. The molecule has 0 saturated carbocycles. The number of rotatable bonds is 5. The van der Waals surface area contributed by atoms with Crippen molar-refractivity contribution in [3.63, 3.8) is 0 Å². The molecule has 0 bridgehead atoms. The molecule has 1 heterocycles. The van der Waals surface area contributed by atoms with Crippen LogP contribution in [-0.2, 0) is 4.74 Å². The Labute approximate surface area is 176 Å². The second-order valence-corrected chi connectivity index (χ2v) is 7.47. The first-order valence-corrected chi connectivity index (χ1v) is 10.1. The van der Waals surface area contributed by atoms with Crippen molar-refractivity contribution < 1.29 is 14.3 Å². The van der Waals surface area contributed by atoms with Crippen molar-refractivity contribution in [2.75, 3.05) is 50.1 Å². The lowest BCUT2D eigenvalue weighted by Crippen LogP contribution is -2.46. The number of aryl methyl sites for hydroxylation is 1. The fourth-order valence-corrected chi connectivity index (χ4v) is 3.57. The van der Waals surface area contributed by atoms with Crippen molar-refractivity contribution in [1.82, 2.24) is 4.90 Å². The quantitative estimate of drug-likeness (QED) is 0.752. The Bertz CT molecular complexity index is 908. The third-order valence-corrected chi connectivity index (χ3v) is 5.67. The van der Waals surface area contributed by atoms with E-state index < -0.39 is 5.97 Å². The summed E-state index contributed by atoms with van der Waals surface area (Å²) in [6.07, 6.45) is 0. The molecule has 154 valence electrons. The average molecular weight is 416 g/mol. The van der Waals surface area contributed by atoms with Gasteiger partial charge in [0.05, 0.1) is 24.0 Å². The lowest BCUT2D eigenvalue weighted by Gasteiger charge is -2.36. The maximum Gasteiger partial charge on any atom is 0.337 e. The Morgan fingerprint density at radius 1 is 1.07 bits per heavy atom. The van der Waals surface area contributed by atoms with E-state index in [1.54, 1.807) is 24.3 Å². The van der Waals surface area contributed by atoms with Crippen LogP contribution in [0.2, 0.25) is 5.02 Å². The van der Waals surface area contributed by atoms with Crippen LogP contribution in [0, 0.1) is 6.92 Å². The number of carbonyl (C=O) groups excluding carboxylic acids is 2. The number of esters is 1. The first-order chi connectivity index (χ1) is 13.9. The standard InChI is InChI=1S/C22H26ClN3O3/c1-4-25-9-11-26(12-10-25)20-8-7-17(22(28)29-3)14-19(20)24-21(27)16-6-5-15(2)18(23)13-16/h5-8,13-14H,4,9-12H2,1-3H3,(H,24,27). The summed E-state index contributed by atoms with van der Waals surface area (Å²) in [6, 6.07) is 10.5. The van der Waals surface area contributed by atoms with Crippen molar-refractivity contribution in [3.05, 3.63) is 58.1 Å². The maximum absolute atomic E-state index is 12.8. The van der Waals surface area contributed by atoms with Crippen LogP contribution in [0.1, 0.15) is 33.2 Å².